The lowest BCUT2D eigenvalue weighted by molar-refractivity contribution is -0.230. The van der Waals surface area contributed by atoms with Crippen LogP contribution in [0.15, 0.2) is 0 Å². The van der Waals surface area contributed by atoms with Crippen molar-refractivity contribution in [1.82, 2.24) is 4.90 Å². The molecule has 0 heterocycles. The average Bonchev–Trinajstić information content (AvgIpc) is 2.10. The normalized spacial score (nSPS) is 15.7. The lowest BCUT2D eigenvalue weighted by atomic mass is 9.78. The van der Waals surface area contributed by atoms with Crippen LogP contribution in [0.1, 0.15) is 48.0 Å². The van der Waals surface area contributed by atoms with Gasteiger partial charge in [-0.2, -0.15) is 26.3 Å². The van der Waals surface area contributed by atoms with Gasteiger partial charge in [-0.3, -0.25) is 0 Å². The first-order valence-corrected chi connectivity index (χ1v) is 6.68. The van der Waals surface area contributed by atoms with Gasteiger partial charge in [0.15, 0.2) is 0 Å². The summed E-state index contributed by atoms with van der Waals surface area (Å²) in [4.78, 5) is 1.36. The molecular formula is C14H25F6N. The molecule has 0 aliphatic rings. The van der Waals surface area contributed by atoms with Crippen molar-refractivity contribution < 1.29 is 26.3 Å². The third kappa shape index (κ3) is 5.04. The largest absolute Gasteiger partial charge is 0.395 e. The van der Waals surface area contributed by atoms with Crippen LogP contribution in [0.5, 0.6) is 0 Å². The van der Waals surface area contributed by atoms with Gasteiger partial charge >= 0.3 is 12.4 Å². The molecule has 0 fully saturated rings. The van der Waals surface area contributed by atoms with E-state index in [1.165, 1.54) is 25.8 Å². The second-order valence-electron chi connectivity index (χ2n) is 7.61. The van der Waals surface area contributed by atoms with Crippen LogP contribution >= 0.6 is 0 Å². The lowest BCUT2D eigenvalue weighted by Crippen LogP contribution is -2.52. The lowest BCUT2D eigenvalue weighted by Gasteiger charge is -2.45. The Morgan fingerprint density at radius 1 is 0.667 bits per heavy atom. The highest BCUT2D eigenvalue weighted by molar-refractivity contribution is 4.92. The van der Waals surface area contributed by atoms with Crippen molar-refractivity contribution in [3.63, 3.8) is 0 Å². The molecule has 21 heavy (non-hydrogen) atoms. The maximum absolute atomic E-state index is 13.0. The van der Waals surface area contributed by atoms with E-state index in [0.717, 1.165) is 27.7 Å². The first-order valence-electron chi connectivity index (χ1n) is 6.68. The molecule has 0 aromatic heterocycles. The van der Waals surface area contributed by atoms with Crippen molar-refractivity contribution in [2.75, 3.05) is 13.6 Å². The van der Waals surface area contributed by atoms with E-state index >= 15 is 0 Å². The second kappa shape index (κ2) is 5.63. The van der Waals surface area contributed by atoms with Crippen molar-refractivity contribution >= 4 is 0 Å². The topological polar surface area (TPSA) is 3.24 Å². The van der Waals surface area contributed by atoms with Crippen LogP contribution in [0.4, 0.5) is 26.3 Å². The monoisotopic (exact) mass is 321 g/mol. The summed E-state index contributed by atoms with van der Waals surface area (Å²) in [5.74, 6) is 0. The smallest absolute Gasteiger partial charge is 0.300 e. The van der Waals surface area contributed by atoms with Crippen LogP contribution in [0.2, 0.25) is 0 Å². The molecule has 0 aliphatic heterocycles. The molecule has 0 saturated heterocycles. The fraction of sp³-hybridized carbons (Fsp3) is 1.00. The molecule has 0 bridgehead atoms. The highest BCUT2D eigenvalue weighted by Gasteiger charge is 2.52. The molecule has 0 N–H and O–H groups in total. The van der Waals surface area contributed by atoms with Gasteiger partial charge in [0.05, 0.1) is 10.8 Å². The summed E-state index contributed by atoms with van der Waals surface area (Å²) in [5, 5.41) is 0. The second-order valence-corrected chi connectivity index (χ2v) is 7.61. The molecule has 0 rings (SSSR count). The average molecular weight is 321 g/mol. The van der Waals surface area contributed by atoms with Crippen LogP contribution in [0, 0.1) is 10.8 Å². The van der Waals surface area contributed by atoms with Crippen molar-refractivity contribution in [3.8, 4) is 0 Å². The van der Waals surface area contributed by atoms with Crippen LogP contribution in [-0.2, 0) is 0 Å². The summed E-state index contributed by atoms with van der Waals surface area (Å²) >= 11 is 0. The van der Waals surface area contributed by atoms with Gasteiger partial charge in [0.1, 0.15) is 0 Å². The number of hydrogen-bond acceptors (Lipinski definition) is 1. The molecule has 1 nitrogen and oxygen atoms in total. The zero-order valence-corrected chi connectivity index (χ0v) is 13.6. The first kappa shape index (κ1) is 20.5. The molecule has 0 saturated carbocycles. The molecule has 128 valence electrons. The van der Waals surface area contributed by atoms with Crippen LogP contribution in [0.3, 0.4) is 0 Å². The number of halogens is 6. The standard InChI is InChI=1S/C14H25F6N/c1-10(2,13(15,16)17)8-12(5,6)21(7)9-11(3,4)14(18,19)20/h8-9H2,1-7H3. The van der Waals surface area contributed by atoms with Crippen molar-refractivity contribution in [2.24, 2.45) is 10.8 Å². The van der Waals surface area contributed by atoms with E-state index in [1.54, 1.807) is 0 Å². The van der Waals surface area contributed by atoms with Crippen LogP contribution in [0.25, 0.3) is 0 Å². The third-order valence-electron chi connectivity index (χ3n) is 4.08. The summed E-state index contributed by atoms with van der Waals surface area (Å²) in [6.45, 7) is 6.94. The van der Waals surface area contributed by atoms with E-state index in [9.17, 15) is 26.3 Å². The quantitative estimate of drug-likeness (QED) is 0.624. The van der Waals surface area contributed by atoms with Gasteiger partial charge in [-0.25, -0.2) is 0 Å². The van der Waals surface area contributed by atoms with Gasteiger partial charge in [-0.15, -0.1) is 0 Å². The Kier molecular flexibility index (Phi) is 5.51. The number of hydrogen-bond donors (Lipinski definition) is 0. The Morgan fingerprint density at radius 3 is 1.29 bits per heavy atom. The Hall–Kier alpha value is -0.460. The van der Waals surface area contributed by atoms with Gasteiger partial charge in [0.25, 0.3) is 0 Å². The van der Waals surface area contributed by atoms with Crippen molar-refractivity contribution in [3.05, 3.63) is 0 Å². The summed E-state index contributed by atoms with van der Waals surface area (Å²) < 4.78 is 77.6. The summed E-state index contributed by atoms with van der Waals surface area (Å²) in [6.07, 6.45) is -9.09. The molecule has 0 aliphatic carbocycles. The molecule has 0 aromatic carbocycles. The zero-order chi connectivity index (χ0) is 17.5. The van der Waals surface area contributed by atoms with Crippen molar-refractivity contribution in [1.29, 1.82) is 0 Å². The van der Waals surface area contributed by atoms with E-state index in [1.807, 2.05) is 0 Å². The maximum Gasteiger partial charge on any atom is 0.395 e. The molecule has 0 radical (unpaired) electrons. The molecule has 0 amide bonds. The molecular weight excluding hydrogens is 296 g/mol. The van der Waals surface area contributed by atoms with E-state index in [4.69, 9.17) is 0 Å². The van der Waals surface area contributed by atoms with E-state index in [0.29, 0.717) is 0 Å². The predicted octanol–water partition coefficient (Wildman–Crippen LogP) is 5.26. The predicted molar refractivity (Wildman–Crippen MR) is 71.0 cm³/mol. The molecule has 0 atom stereocenters. The third-order valence-corrected chi connectivity index (χ3v) is 4.08. The minimum absolute atomic E-state index is 0.284. The SMILES string of the molecule is CN(CC(C)(C)C(F)(F)F)C(C)(C)CC(C)(C)C(F)(F)F. The highest BCUT2D eigenvalue weighted by Crippen LogP contribution is 2.45. The Labute approximate surface area is 122 Å². The van der Waals surface area contributed by atoms with Gasteiger partial charge in [-0.05, 0) is 41.2 Å². The molecule has 0 aromatic rings. The number of nitrogens with zero attached hydrogens (tertiary/aromatic N) is 1. The van der Waals surface area contributed by atoms with Gasteiger partial charge in [0.2, 0.25) is 0 Å². The minimum atomic E-state index is -4.41. The Bertz CT molecular complexity index is 351. The summed E-state index contributed by atoms with van der Waals surface area (Å²) in [6, 6.07) is 0. The maximum atomic E-state index is 13.0. The fourth-order valence-corrected chi connectivity index (χ4v) is 2.21. The fourth-order valence-electron chi connectivity index (χ4n) is 2.21. The van der Waals surface area contributed by atoms with Crippen molar-refractivity contribution in [2.45, 2.75) is 65.9 Å². The van der Waals surface area contributed by atoms with Crippen LogP contribution in [-0.4, -0.2) is 36.4 Å². The number of alkyl halides is 6. The Balaban J connectivity index is 5.11. The molecule has 0 spiro atoms. The Morgan fingerprint density at radius 2 is 1.00 bits per heavy atom. The van der Waals surface area contributed by atoms with Gasteiger partial charge < -0.3 is 4.90 Å². The van der Waals surface area contributed by atoms with E-state index in [-0.39, 0.29) is 13.0 Å². The summed E-state index contributed by atoms with van der Waals surface area (Å²) in [5.41, 5.74) is -4.96. The van der Waals surface area contributed by atoms with E-state index in [2.05, 4.69) is 0 Å². The van der Waals surface area contributed by atoms with Gasteiger partial charge in [-0.1, -0.05) is 13.8 Å². The van der Waals surface area contributed by atoms with Crippen LogP contribution < -0.4 is 0 Å². The zero-order valence-electron chi connectivity index (χ0n) is 13.6. The number of rotatable bonds is 5. The first-order chi connectivity index (χ1) is 8.83. The minimum Gasteiger partial charge on any atom is -0.300 e. The van der Waals surface area contributed by atoms with E-state index < -0.39 is 28.7 Å². The summed E-state index contributed by atoms with van der Waals surface area (Å²) in [7, 11) is 1.43. The van der Waals surface area contributed by atoms with Gasteiger partial charge in [0, 0.05) is 12.1 Å². The molecule has 7 heteroatoms. The highest BCUT2D eigenvalue weighted by atomic mass is 19.4. The molecule has 0 unspecified atom stereocenters.